The molecule has 1 fully saturated rings. The number of hydrogen-bond donors (Lipinski definition) is 2. The van der Waals surface area contributed by atoms with Crippen molar-refractivity contribution >= 4 is 17.9 Å². The van der Waals surface area contributed by atoms with Gasteiger partial charge in [-0.1, -0.05) is 54.4 Å². The fraction of sp³-hybridized carbons (Fsp3) is 0.269. The van der Waals surface area contributed by atoms with Crippen molar-refractivity contribution in [1.82, 2.24) is 15.2 Å². The van der Waals surface area contributed by atoms with Crippen LogP contribution in [0.5, 0.6) is 5.75 Å². The lowest BCUT2D eigenvalue weighted by molar-refractivity contribution is 0.0943. The average Bonchev–Trinajstić information content (AvgIpc) is 3.28. The van der Waals surface area contributed by atoms with Crippen molar-refractivity contribution in [2.75, 3.05) is 20.2 Å². The molecule has 2 N–H and O–H groups in total. The number of halogens is 1. The number of ether oxygens (including phenoxy) is 1. The van der Waals surface area contributed by atoms with Crippen molar-refractivity contribution in [2.45, 2.75) is 25.1 Å². The summed E-state index contributed by atoms with van der Waals surface area (Å²) in [6, 6.07) is 21.1. The number of benzene rings is 3. The zero-order valence-electron chi connectivity index (χ0n) is 18.8. The molecule has 1 amide bonds. The predicted molar refractivity (Wildman–Crippen MR) is 131 cm³/mol. The normalized spacial score (nSPS) is 16.0. The molecule has 0 bridgehead atoms. The smallest absolute Gasteiger partial charge is 0.269 e. The van der Waals surface area contributed by atoms with Crippen molar-refractivity contribution in [3.05, 3.63) is 89.2 Å². The summed E-state index contributed by atoms with van der Waals surface area (Å²) < 4.78 is 20.0. The molecular formula is C26H28FN3O2S. The molecule has 1 aliphatic rings. The number of nitrogens with zero attached hydrogens (tertiary/aromatic N) is 1. The van der Waals surface area contributed by atoms with Crippen LogP contribution in [0.4, 0.5) is 4.39 Å². The summed E-state index contributed by atoms with van der Waals surface area (Å²) >= 11 is 1.47. The molecule has 1 atom stereocenters. The molecule has 0 aromatic heterocycles. The van der Waals surface area contributed by atoms with Crippen LogP contribution in [0.15, 0.2) is 66.7 Å². The summed E-state index contributed by atoms with van der Waals surface area (Å²) in [5.74, 6) is -0.114. The summed E-state index contributed by atoms with van der Waals surface area (Å²) in [6.45, 7) is 4.42. The lowest BCUT2D eigenvalue weighted by atomic mass is 9.99. The maximum Gasteiger partial charge on any atom is 0.269 e. The first kappa shape index (κ1) is 23.3. The average molecular weight is 466 g/mol. The zero-order valence-corrected chi connectivity index (χ0v) is 19.6. The highest BCUT2D eigenvalue weighted by Crippen LogP contribution is 2.25. The van der Waals surface area contributed by atoms with Crippen LogP contribution in [-0.2, 0) is 6.54 Å². The standard InChI is InChI=1S/C26H28FN3O2S/c1-18-13-21(20-8-4-3-5-9-20)15-24(25(18)27)26(31)28-29-33-23-11-12-30(17-23)16-19-7-6-10-22(14-19)32-2/h3-10,13-15,23,29H,11-12,16-17H2,1-2H3,(H,28,31). The molecule has 7 heteroatoms. The molecule has 5 nitrogen and oxygen atoms in total. The quantitative estimate of drug-likeness (QED) is 0.364. The van der Waals surface area contributed by atoms with Crippen LogP contribution < -0.4 is 15.0 Å². The molecule has 1 unspecified atom stereocenters. The molecule has 0 radical (unpaired) electrons. The van der Waals surface area contributed by atoms with Crippen LogP contribution >= 0.6 is 11.9 Å². The highest BCUT2D eigenvalue weighted by molar-refractivity contribution is 7.98. The maximum absolute atomic E-state index is 14.7. The van der Waals surface area contributed by atoms with E-state index in [1.54, 1.807) is 26.2 Å². The topological polar surface area (TPSA) is 53.6 Å². The molecule has 172 valence electrons. The predicted octanol–water partition coefficient (Wildman–Crippen LogP) is 4.97. The van der Waals surface area contributed by atoms with Crippen LogP contribution in [0, 0.1) is 12.7 Å². The first-order chi connectivity index (χ1) is 16.0. The molecule has 0 saturated carbocycles. The van der Waals surface area contributed by atoms with Gasteiger partial charge in [-0.3, -0.25) is 15.1 Å². The Balaban J connectivity index is 1.30. The van der Waals surface area contributed by atoms with Gasteiger partial charge < -0.3 is 4.74 Å². The molecule has 1 aliphatic heterocycles. The minimum Gasteiger partial charge on any atom is -0.497 e. The number of aryl methyl sites for hydroxylation is 1. The van der Waals surface area contributed by atoms with E-state index in [9.17, 15) is 9.18 Å². The Morgan fingerprint density at radius 1 is 1.12 bits per heavy atom. The van der Waals surface area contributed by atoms with Crippen molar-refractivity contribution in [1.29, 1.82) is 0 Å². The second-order valence-corrected chi connectivity index (χ2v) is 9.30. The van der Waals surface area contributed by atoms with Crippen LogP contribution in [0.1, 0.15) is 27.9 Å². The van der Waals surface area contributed by atoms with Gasteiger partial charge in [0.2, 0.25) is 0 Å². The number of nitrogens with one attached hydrogen (secondary N) is 2. The Bertz CT molecular complexity index is 1110. The first-order valence-electron chi connectivity index (χ1n) is 11.0. The van der Waals surface area contributed by atoms with Crippen molar-refractivity contribution < 1.29 is 13.9 Å². The van der Waals surface area contributed by atoms with Crippen LogP contribution in [0.2, 0.25) is 0 Å². The van der Waals surface area contributed by atoms with Gasteiger partial charge in [0, 0.05) is 18.3 Å². The third-order valence-corrected chi connectivity index (χ3v) is 6.70. The van der Waals surface area contributed by atoms with Crippen LogP contribution in [0.3, 0.4) is 0 Å². The van der Waals surface area contributed by atoms with Gasteiger partial charge in [-0.05, 0) is 66.4 Å². The van der Waals surface area contributed by atoms with Crippen molar-refractivity contribution in [3.8, 4) is 16.9 Å². The number of likely N-dealkylation sites (tertiary alicyclic amines) is 1. The summed E-state index contributed by atoms with van der Waals surface area (Å²) in [4.78, 5) is 18.0. The highest BCUT2D eigenvalue weighted by Gasteiger charge is 2.24. The van der Waals surface area contributed by atoms with Gasteiger partial charge in [0.25, 0.3) is 5.91 Å². The van der Waals surface area contributed by atoms with E-state index < -0.39 is 11.7 Å². The molecule has 33 heavy (non-hydrogen) atoms. The summed E-state index contributed by atoms with van der Waals surface area (Å²) in [5.41, 5.74) is 6.10. The fourth-order valence-corrected chi connectivity index (χ4v) is 4.85. The minimum atomic E-state index is -0.496. The number of amides is 1. The lowest BCUT2D eigenvalue weighted by Crippen LogP contribution is -2.35. The fourth-order valence-electron chi connectivity index (χ4n) is 4.02. The van der Waals surface area contributed by atoms with Gasteiger partial charge in [0.05, 0.1) is 12.7 Å². The SMILES string of the molecule is COc1cccc(CN2CCC(SNNC(=O)c3cc(-c4ccccc4)cc(C)c3F)C2)c1. The molecule has 3 aromatic rings. The Morgan fingerprint density at radius 3 is 2.73 bits per heavy atom. The Morgan fingerprint density at radius 2 is 1.94 bits per heavy atom. The number of carbonyl (C=O) groups excluding carboxylic acids is 1. The second kappa shape index (κ2) is 10.8. The van der Waals surface area contributed by atoms with E-state index >= 15 is 0 Å². The highest BCUT2D eigenvalue weighted by atomic mass is 32.2. The molecule has 0 aliphatic carbocycles. The number of methoxy groups -OCH3 is 1. The largest absolute Gasteiger partial charge is 0.497 e. The van der Waals surface area contributed by atoms with Gasteiger partial charge in [0.1, 0.15) is 11.6 Å². The van der Waals surface area contributed by atoms with E-state index in [4.69, 9.17) is 4.74 Å². The summed E-state index contributed by atoms with van der Waals surface area (Å²) in [7, 11) is 1.67. The Hall–Kier alpha value is -2.87. The molecule has 1 heterocycles. The van der Waals surface area contributed by atoms with E-state index in [2.05, 4.69) is 27.3 Å². The van der Waals surface area contributed by atoms with Gasteiger partial charge in [-0.2, -0.15) is 4.83 Å². The third kappa shape index (κ3) is 5.93. The molecule has 4 rings (SSSR count). The van der Waals surface area contributed by atoms with Gasteiger partial charge in [-0.15, -0.1) is 0 Å². The molecule has 1 saturated heterocycles. The molecule has 0 spiro atoms. The zero-order chi connectivity index (χ0) is 23.2. The Labute approximate surface area is 198 Å². The second-order valence-electron chi connectivity index (χ2n) is 8.19. The summed E-state index contributed by atoms with van der Waals surface area (Å²) in [6.07, 6.45) is 1.01. The number of hydrogen-bond acceptors (Lipinski definition) is 5. The van der Waals surface area contributed by atoms with Crippen LogP contribution in [-0.4, -0.2) is 36.3 Å². The number of rotatable bonds is 8. The monoisotopic (exact) mass is 465 g/mol. The van der Waals surface area contributed by atoms with E-state index in [1.165, 1.54) is 17.5 Å². The third-order valence-electron chi connectivity index (χ3n) is 5.77. The molecular weight excluding hydrogens is 437 g/mol. The van der Waals surface area contributed by atoms with Gasteiger partial charge in [0.15, 0.2) is 0 Å². The lowest BCUT2D eigenvalue weighted by Gasteiger charge is -2.17. The number of hydrazine groups is 1. The number of carbonyl (C=O) groups is 1. The van der Waals surface area contributed by atoms with Crippen molar-refractivity contribution in [2.24, 2.45) is 0 Å². The van der Waals surface area contributed by atoms with E-state index in [0.717, 1.165) is 42.9 Å². The van der Waals surface area contributed by atoms with Gasteiger partial charge in [-0.25, -0.2) is 4.39 Å². The Kier molecular flexibility index (Phi) is 7.65. The minimum absolute atomic E-state index is 0.0352. The van der Waals surface area contributed by atoms with Crippen molar-refractivity contribution in [3.63, 3.8) is 0 Å². The summed E-state index contributed by atoms with van der Waals surface area (Å²) in [5, 5.41) is 0.332. The molecule has 3 aromatic carbocycles. The van der Waals surface area contributed by atoms with Gasteiger partial charge >= 0.3 is 0 Å². The van der Waals surface area contributed by atoms with E-state index in [-0.39, 0.29) is 5.56 Å². The van der Waals surface area contributed by atoms with E-state index in [1.807, 2.05) is 42.5 Å². The van der Waals surface area contributed by atoms with Crippen LogP contribution in [0.25, 0.3) is 11.1 Å². The maximum atomic E-state index is 14.7. The van der Waals surface area contributed by atoms with E-state index in [0.29, 0.717) is 10.8 Å². The first-order valence-corrected chi connectivity index (χ1v) is 11.8.